The zero-order valence-corrected chi connectivity index (χ0v) is 9.75. The Morgan fingerprint density at radius 1 is 1.40 bits per heavy atom. The van der Waals surface area contributed by atoms with Gasteiger partial charge in [0, 0.05) is 19.0 Å². The Hall–Kier alpha value is -1.10. The van der Waals surface area contributed by atoms with Crippen molar-refractivity contribution in [2.45, 2.75) is 33.2 Å². The van der Waals surface area contributed by atoms with Gasteiger partial charge in [0.1, 0.15) is 0 Å². The molecule has 0 aliphatic heterocycles. The van der Waals surface area contributed by atoms with Gasteiger partial charge in [0.15, 0.2) is 0 Å². The van der Waals surface area contributed by atoms with Crippen LogP contribution in [0.25, 0.3) is 0 Å². The largest absolute Gasteiger partial charge is 0.368 e. The number of carbonyl (C=O) groups excluding carboxylic acids is 2. The van der Waals surface area contributed by atoms with Crippen LogP contribution in [0.15, 0.2) is 0 Å². The Bertz CT molecular complexity index is 217. The molecule has 0 aromatic carbocycles. The minimum atomic E-state index is -0.472. The van der Waals surface area contributed by atoms with E-state index in [4.69, 9.17) is 5.73 Å². The number of nitrogens with two attached hydrogens (primary N) is 1. The summed E-state index contributed by atoms with van der Waals surface area (Å²) in [5, 5.41) is 3.06. The lowest BCUT2D eigenvalue weighted by Crippen LogP contribution is -2.43. The van der Waals surface area contributed by atoms with Gasteiger partial charge in [-0.15, -0.1) is 0 Å². The van der Waals surface area contributed by atoms with Crippen LogP contribution >= 0.6 is 0 Å². The summed E-state index contributed by atoms with van der Waals surface area (Å²) in [6.45, 7) is 7.20. The summed E-state index contributed by atoms with van der Waals surface area (Å²) >= 11 is 0. The lowest BCUT2D eigenvalue weighted by Gasteiger charge is -2.25. The lowest BCUT2D eigenvalue weighted by molar-refractivity contribution is -0.136. The van der Waals surface area contributed by atoms with Crippen molar-refractivity contribution >= 4 is 11.8 Å². The average molecular weight is 215 g/mol. The Morgan fingerprint density at radius 3 is 2.40 bits per heavy atom. The number of nitrogens with zero attached hydrogens (tertiary/aromatic N) is 1. The highest BCUT2D eigenvalue weighted by atomic mass is 16.2. The van der Waals surface area contributed by atoms with Gasteiger partial charge in [-0.2, -0.15) is 0 Å². The molecule has 3 N–H and O–H groups in total. The second-order valence-electron chi connectivity index (χ2n) is 3.69. The zero-order chi connectivity index (χ0) is 11.8. The summed E-state index contributed by atoms with van der Waals surface area (Å²) in [4.78, 5) is 23.9. The number of amides is 2. The monoisotopic (exact) mass is 215 g/mol. The summed E-state index contributed by atoms with van der Waals surface area (Å²) in [6.07, 6.45) is 0.402. The van der Waals surface area contributed by atoms with Crippen molar-refractivity contribution in [3.8, 4) is 0 Å². The van der Waals surface area contributed by atoms with Crippen LogP contribution in [0.1, 0.15) is 27.2 Å². The molecule has 0 unspecified atom stereocenters. The van der Waals surface area contributed by atoms with E-state index in [0.717, 1.165) is 6.54 Å². The van der Waals surface area contributed by atoms with E-state index in [2.05, 4.69) is 5.32 Å². The third kappa shape index (κ3) is 6.06. The molecule has 0 atom stereocenters. The van der Waals surface area contributed by atoms with Crippen molar-refractivity contribution in [1.82, 2.24) is 10.2 Å². The quantitative estimate of drug-likeness (QED) is 0.573. The Morgan fingerprint density at radius 2 is 2.00 bits per heavy atom. The van der Waals surface area contributed by atoms with E-state index in [-0.39, 0.29) is 18.5 Å². The lowest BCUT2D eigenvalue weighted by atomic mass is 10.2. The first-order chi connectivity index (χ1) is 6.99. The minimum Gasteiger partial charge on any atom is -0.368 e. The first-order valence-electron chi connectivity index (χ1n) is 5.27. The van der Waals surface area contributed by atoms with E-state index in [0.29, 0.717) is 13.0 Å². The van der Waals surface area contributed by atoms with Gasteiger partial charge < -0.3 is 16.0 Å². The van der Waals surface area contributed by atoms with E-state index in [1.165, 1.54) is 4.90 Å². The van der Waals surface area contributed by atoms with Crippen LogP contribution in [0.3, 0.4) is 0 Å². The normalized spacial score (nSPS) is 10.4. The number of hydrogen-bond donors (Lipinski definition) is 2. The van der Waals surface area contributed by atoms with E-state index in [1.54, 1.807) is 0 Å². The molecule has 0 aliphatic carbocycles. The fraction of sp³-hybridized carbons (Fsp3) is 0.800. The summed E-state index contributed by atoms with van der Waals surface area (Å²) < 4.78 is 0. The van der Waals surface area contributed by atoms with Crippen LogP contribution in [-0.4, -0.2) is 42.4 Å². The third-order valence-electron chi connectivity index (χ3n) is 2.04. The summed E-state index contributed by atoms with van der Waals surface area (Å²) in [5.74, 6) is -0.509. The smallest absolute Gasteiger partial charge is 0.237 e. The standard InChI is InChI=1S/C10H21N3O2/c1-4-12-6-5-10(15)13(8(2)3)7-9(11)14/h8,12H,4-7H2,1-3H3,(H2,11,14). The van der Waals surface area contributed by atoms with Crippen LogP contribution < -0.4 is 11.1 Å². The summed E-state index contributed by atoms with van der Waals surface area (Å²) in [5.41, 5.74) is 5.08. The molecule has 0 aromatic heterocycles. The van der Waals surface area contributed by atoms with Crippen molar-refractivity contribution in [2.24, 2.45) is 5.73 Å². The minimum absolute atomic E-state index is 0.00260. The van der Waals surface area contributed by atoms with Gasteiger partial charge in [0.2, 0.25) is 11.8 Å². The highest BCUT2D eigenvalue weighted by molar-refractivity contribution is 5.84. The van der Waals surface area contributed by atoms with Gasteiger partial charge in [-0.3, -0.25) is 9.59 Å². The Kier molecular flexibility index (Phi) is 6.70. The number of hydrogen-bond acceptors (Lipinski definition) is 3. The first kappa shape index (κ1) is 13.9. The van der Waals surface area contributed by atoms with Crippen molar-refractivity contribution in [1.29, 1.82) is 0 Å². The number of nitrogens with one attached hydrogen (secondary N) is 1. The van der Waals surface area contributed by atoms with Crippen molar-refractivity contribution in [2.75, 3.05) is 19.6 Å². The predicted molar refractivity (Wildman–Crippen MR) is 59.2 cm³/mol. The molecule has 0 rings (SSSR count). The van der Waals surface area contributed by atoms with Gasteiger partial charge in [-0.25, -0.2) is 0 Å². The van der Waals surface area contributed by atoms with Crippen molar-refractivity contribution < 1.29 is 9.59 Å². The topological polar surface area (TPSA) is 75.4 Å². The maximum Gasteiger partial charge on any atom is 0.237 e. The third-order valence-corrected chi connectivity index (χ3v) is 2.04. The fourth-order valence-corrected chi connectivity index (χ4v) is 1.24. The number of rotatable bonds is 7. The van der Waals surface area contributed by atoms with Crippen LogP contribution in [0, 0.1) is 0 Å². The van der Waals surface area contributed by atoms with Crippen LogP contribution in [0.5, 0.6) is 0 Å². The SMILES string of the molecule is CCNCCC(=O)N(CC(N)=O)C(C)C. The fourth-order valence-electron chi connectivity index (χ4n) is 1.24. The molecule has 0 heterocycles. The first-order valence-corrected chi connectivity index (χ1v) is 5.27. The van der Waals surface area contributed by atoms with E-state index < -0.39 is 5.91 Å². The molecule has 5 nitrogen and oxygen atoms in total. The second-order valence-corrected chi connectivity index (χ2v) is 3.69. The van der Waals surface area contributed by atoms with Crippen molar-refractivity contribution in [3.05, 3.63) is 0 Å². The van der Waals surface area contributed by atoms with Crippen LogP contribution in [0.4, 0.5) is 0 Å². The molecule has 0 saturated heterocycles. The molecular weight excluding hydrogens is 194 g/mol. The maximum absolute atomic E-state index is 11.7. The van der Waals surface area contributed by atoms with Gasteiger partial charge in [-0.1, -0.05) is 6.92 Å². The van der Waals surface area contributed by atoms with Gasteiger partial charge in [0.05, 0.1) is 6.54 Å². The average Bonchev–Trinajstić information content (AvgIpc) is 2.13. The maximum atomic E-state index is 11.7. The molecule has 0 radical (unpaired) electrons. The molecule has 15 heavy (non-hydrogen) atoms. The Balaban J connectivity index is 4.11. The molecule has 2 amide bonds. The molecule has 0 aliphatic rings. The highest BCUT2D eigenvalue weighted by Gasteiger charge is 2.17. The van der Waals surface area contributed by atoms with Crippen molar-refractivity contribution in [3.63, 3.8) is 0 Å². The van der Waals surface area contributed by atoms with Gasteiger partial charge in [0.25, 0.3) is 0 Å². The zero-order valence-electron chi connectivity index (χ0n) is 9.75. The number of carbonyl (C=O) groups is 2. The van der Waals surface area contributed by atoms with Crippen LogP contribution in [-0.2, 0) is 9.59 Å². The van der Waals surface area contributed by atoms with Gasteiger partial charge >= 0.3 is 0 Å². The molecule has 0 spiro atoms. The highest BCUT2D eigenvalue weighted by Crippen LogP contribution is 2.00. The molecule has 0 fully saturated rings. The Labute approximate surface area is 91.0 Å². The predicted octanol–water partition coefficient (Wildman–Crippen LogP) is -0.292. The van der Waals surface area contributed by atoms with Crippen LogP contribution in [0.2, 0.25) is 0 Å². The molecule has 0 aromatic rings. The van der Waals surface area contributed by atoms with E-state index >= 15 is 0 Å². The number of primary amides is 1. The molecule has 0 bridgehead atoms. The van der Waals surface area contributed by atoms with Gasteiger partial charge in [-0.05, 0) is 20.4 Å². The molecule has 5 heteroatoms. The summed E-state index contributed by atoms with van der Waals surface area (Å²) in [7, 11) is 0. The molecule has 0 saturated carbocycles. The van der Waals surface area contributed by atoms with E-state index in [9.17, 15) is 9.59 Å². The molecular formula is C10H21N3O2. The second kappa shape index (κ2) is 7.23. The molecule has 88 valence electrons. The summed E-state index contributed by atoms with van der Waals surface area (Å²) in [6, 6.07) is 0.00614. The van der Waals surface area contributed by atoms with E-state index in [1.807, 2.05) is 20.8 Å².